The Labute approximate surface area is 99.8 Å². The average molecular weight is 236 g/mol. The number of anilines is 1. The molecule has 1 unspecified atom stereocenters. The van der Waals surface area contributed by atoms with Crippen LogP contribution in [0.3, 0.4) is 0 Å². The van der Waals surface area contributed by atoms with Crippen molar-refractivity contribution in [2.45, 2.75) is 18.9 Å². The molecule has 1 aliphatic heterocycles. The van der Waals surface area contributed by atoms with Gasteiger partial charge in [-0.1, -0.05) is 12.1 Å². The summed E-state index contributed by atoms with van der Waals surface area (Å²) in [5, 5.41) is 2.82. The minimum absolute atomic E-state index is 0.0739. The normalized spacial score (nSPS) is 15.8. The van der Waals surface area contributed by atoms with Crippen LogP contribution in [0.1, 0.15) is 23.6 Å². The van der Waals surface area contributed by atoms with Gasteiger partial charge in [-0.2, -0.15) is 11.8 Å². The molecule has 1 aromatic carbocycles. The molecule has 2 rings (SSSR count). The Morgan fingerprint density at radius 1 is 1.56 bits per heavy atom. The van der Waals surface area contributed by atoms with Crippen LogP contribution in [0.25, 0.3) is 0 Å². The van der Waals surface area contributed by atoms with Crippen molar-refractivity contribution in [1.29, 1.82) is 0 Å². The molecule has 1 atom stereocenters. The van der Waals surface area contributed by atoms with Crippen molar-refractivity contribution in [2.24, 2.45) is 5.73 Å². The van der Waals surface area contributed by atoms with E-state index in [9.17, 15) is 4.79 Å². The molecule has 0 fully saturated rings. The summed E-state index contributed by atoms with van der Waals surface area (Å²) in [6.07, 6.45) is 3.54. The van der Waals surface area contributed by atoms with Crippen molar-refractivity contribution in [3.05, 3.63) is 29.3 Å². The topological polar surface area (TPSA) is 55.1 Å². The third-order valence-electron chi connectivity index (χ3n) is 2.82. The molecule has 0 aromatic heterocycles. The van der Waals surface area contributed by atoms with Crippen LogP contribution < -0.4 is 11.1 Å². The van der Waals surface area contributed by atoms with Gasteiger partial charge in [-0.05, 0) is 35.6 Å². The lowest BCUT2D eigenvalue weighted by Gasteiger charge is -2.12. The number of fused-ring (bicyclic) bond motifs is 1. The second-order valence-electron chi connectivity index (χ2n) is 4.03. The molecule has 1 aromatic rings. The standard InChI is InChI=1S/C12H16N2OS/c1-16-5-4-10(13)8-2-3-11-9(6-8)7-12(15)14-11/h2-3,6,10H,4-5,7,13H2,1H3,(H,14,15). The minimum Gasteiger partial charge on any atom is -0.326 e. The van der Waals surface area contributed by atoms with Gasteiger partial charge in [0.15, 0.2) is 0 Å². The van der Waals surface area contributed by atoms with Gasteiger partial charge in [-0.15, -0.1) is 0 Å². The van der Waals surface area contributed by atoms with Gasteiger partial charge >= 0.3 is 0 Å². The predicted octanol–water partition coefficient (Wildman–Crippen LogP) is 1.93. The third-order valence-corrected chi connectivity index (χ3v) is 3.46. The molecule has 4 heteroatoms. The molecule has 0 aliphatic carbocycles. The Balaban J connectivity index is 2.12. The second-order valence-corrected chi connectivity index (χ2v) is 5.02. The maximum Gasteiger partial charge on any atom is 0.228 e. The minimum atomic E-state index is 0.0739. The van der Waals surface area contributed by atoms with Gasteiger partial charge in [0.05, 0.1) is 6.42 Å². The van der Waals surface area contributed by atoms with Crippen LogP contribution in [-0.4, -0.2) is 17.9 Å². The molecule has 1 aliphatic rings. The van der Waals surface area contributed by atoms with E-state index in [4.69, 9.17) is 5.73 Å². The van der Waals surface area contributed by atoms with E-state index >= 15 is 0 Å². The van der Waals surface area contributed by atoms with Crippen molar-refractivity contribution in [3.8, 4) is 0 Å². The summed E-state index contributed by atoms with van der Waals surface area (Å²) < 4.78 is 0. The first-order valence-corrected chi connectivity index (χ1v) is 6.77. The summed E-state index contributed by atoms with van der Waals surface area (Å²) in [4.78, 5) is 11.2. The highest BCUT2D eigenvalue weighted by atomic mass is 32.2. The first-order chi connectivity index (χ1) is 7.70. The Morgan fingerprint density at radius 2 is 2.38 bits per heavy atom. The Hall–Kier alpha value is -1.00. The number of hydrogen-bond acceptors (Lipinski definition) is 3. The lowest BCUT2D eigenvalue weighted by Crippen LogP contribution is -2.11. The van der Waals surface area contributed by atoms with E-state index in [1.165, 1.54) is 0 Å². The fourth-order valence-corrected chi connectivity index (χ4v) is 2.38. The van der Waals surface area contributed by atoms with Gasteiger partial charge in [0.2, 0.25) is 5.91 Å². The van der Waals surface area contributed by atoms with Crippen molar-refractivity contribution in [3.63, 3.8) is 0 Å². The van der Waals surface area contributed by atoms with Crippen LogP contribution in [-0.2, 0) is 11.2 Å². The SMILES string of the molecule is CSCCC(N)c1ccc2c(c1)CC(=O)N2. The van der Waals surface area contributed by atoms with Crippen LogP contribution in [0.2, 0.25) is 0 Å². The summed E-state index contributed by atoms with van der Waals surface area (Å²) in [6.45, 7) is 0. The van der Waals surface area contributed by atoms with Gasteiger partial charge in [0.1, 0.15) is 0 Å². The molecule has 3 nitrogen and oxygen atoms in total. The highest BCUT2D eigenvalue weighted by molar-refractivity contribution is 7.98. The number of rotatable bonds is 4. The molecule has 16 heavy (non-hydrogen) atoms. The summed E-state index contributed by atoms with van der Waals surface area (Å²) in [7, 11) is 0. The van der Waals surface area contributed by atoms with E-state index < -0.39 is 0 Å². The Kier molecular flexibility index (Phi) is 3.51. The van der Waals surface area contributed by atoms with E-state index in [-0.39, 0.29) is 11.9 Å². The zero-order chi connectivity index (χ0) is 11.5. The highest BCUT2D eigenvalue weighted by Gasteiger charge is 2.18. The highest BCUT2D eigenvalue weighted by Crippen LogP contribution is 2.27. The molecule has 0 bridgehead atoms. The van der Waals surface area contributed by atoms with Crippen LogP contribution in [0.4, 0.5) is 5.69 Å². The average Bonchev–Trinajstić information content (AvgIpc) is 2.64. The van der Waals surface area contributed by atoms with Crippen LogP contribution in [0.15, 0.2) is 18.2 Å². The molecular formula is C12H16N2OS. The largest absolute Gasteiger partial charge is 0.326 e. The van der Waals surface area contributed by atoms with Gasteiger partial charge in [-0.3, -0.25) is 4.79 Å². The number of carbonyl (C=O) groups is 1. The van der Waals surface area contributed by atoms with Gasteiger partial charge < -0.3 is 11.1 Å². The molecule has 0 radical (unpaired) electrons. The van der Waals surface area contributed by atoms with Gasteiger partial charge in [0.25, 0.3) is 0 Å². The fraction of sp³-hybridized carbons (Fsp3) is 0.417. The summed E-state index contributed by atoms with van der Waals surface area (Å²) in [5.41, 5.74) is 9.23. The number of nitrogens with two attached hydrogens (primary N) is 1. The van der Waals surface area contributed by atoms with Crippen molar-refractivity contribution in [1.82, 2.24) is 0 Å². The van der Waals surface area contributed by atoms with Crippen LogP contribution in [0, 0.1) is 0 Å². The number of benzene rings is 1. The van der Waals surface area contributed by atoms with E-state index in [1.54, 1.807) is 11.8 Å². The van der Waals surface area contributed by atoms with E-state index in [0.29, 0.717) is 6.42 Å². The van der Waals surface area contributed by atoms with Crippen LogP contribution >= 0.6 is 11.8 Å². The van der Waals surface area contributed by atoms with Gasteiger partial charge in [0, 0.05) is 11.7 Å². The molecule has 86 valence electrons. The molecule has 0 spiro atoms. The Bertz CT molecular complexity index is 406. The number of nitrogens with one attached hydrogen (secondary N) is 1. The number of hydrogen-bond donors (Lipinski definition) is 2. The monoisotopic (exact) mass is 236 g/mol. The first-order valence-electron chi connectivity index (χ1n) is 5.38. The number of amides is 1. The predicted molar refractivity (Wildman–Crippen MR) is 68.7 cm³/mol. The maximum absolute atomic E-state index is 11.2. The zero-order valence-corrected chi connectivity index (χ0v) is 10.1. The summed E-state index contributed by atoms with van der Waals surface area (Å²) in [5.74, 6) is 1.14. The molecule has 3 N–H and O–H groups in total. The van der Waals surface area contributed by atoms with Crippen LogP contribution in [0.5, 0.6) is 0 Å². The molecule has 0 saturated heterocycles. The summed E-state index contributed by atoms with van der Waals surface area (Å²) in [6, 6.07) is 6.09. The molecule has 1 amide bonds. The van der Waals surface area contributed by atoms with Crippen molar-refractivity contribution < 1.29 is 4.79 Å². The van der Waals surface area contributed by atoms with Gasteiger partial charge in [-0.25, -0.2) is 0 Å². The maximum atomic E-state index is 11.2. The van der Waals surface area contributed by atoms with Crippen molar-refractivity contribution in [2.75, 3.05) is 17.3 Å². The van der Waals surface area contributed by atoms with E-state index in [2.05, 4.69) is 17.6 Å². The lowest BCUT2D eigenvalue weighted by molar-refractivity contribution is -0.115. The molecule has 1 heterocycles. The summed E-state index contributed by atoms with van der Waals surface area (Å²) >= 11 is 1.80. The lowest BCUT2D eigenvalue weighted by atomic mass is 10.0. The first kappa shape index (κ1) is 11.5. The Morgan fingerprint density at radius 3 is 3.12 bits per heavy atom. The molecule has 0 saturated carbocycles. The molecular weight excluding hydrogens is 220 g/mol. The quantitative estimate of drug-likeness (QED) is 0.840. The zero-order valence-electron chi connectivity index (χ0n) is 9.32. The fourth-order valence-electron chi connectivity index (χ4n) is 1.89. The smallest absolute Gasteiger partial charge is 0.228 e. The van der Waals surface area contributed by atoms with E-state index in [0.717, 1.165) is 29.0 Å². The number of thioether (sulfide) groups is 1. The van der Waals surface area contributed by atoms with E-state index in [1.807, 2.05) is 12.1 Å². The second kappa shape index (κ2) is 4.89. The third kappa shape index (κ3) is 2.39. The van der Waals surface area contributed by atoms with Crippen molar-refractivity contribution >= 4 is 23.4 Å². The number of carbonyl (C=O) groups excluding carboxylic acids is 1.